The molecule has 0 bridgehead atoms. The standard InChI is InChI=1S/C8H8Br3N/c9-3-6-1-2-12-8(5-11)7(6)4-10/h1-2H,3-5H2. The van der Waals surface area contributed by atoms with E-state index in [4.69, 9.17) is 0 Å². The van der Waals surface area contributed by atoms with Crippen LogP contribution in [-0.2, 0) is 16.0 Å². The molecule has 12 heavy (non-hydrogen) atoms. The lowest BCUT2D eigenvalue weighted by Crippen LogP contribution is -1.97. The second-order valence-electron chi connectivity index (χ2n) is 2.30. The number of nitrogens with zero attached hydrogens (tertiary/aromatic N) is 1. The molecule has 1 heterocycles. The summed E-state index contributed by atoms with van der Waals surface area (Å²) in [4.78, 5) is 4.28. The molecule has 66 valence electrons. The quantitative estimate of drug-likeness (QED) is 0.750. The van der Waals surface area contributed by atoms with Crippen molar-refractivity contribution in [2.24, 2.45) is 0 Å². The van der Waals surface area contributed by atoms with Gasteiger partial charge in [-0.2, -0.15) is 0 Å². The van der Waals surface area contributed by atoms with E-state index in [9.17, 15) is 0 Å². The van der Waals surface area contributed by atoms with E-state index in [0.29, 0.717) is 0 Å². The summed E-state index contributed by atoms with van der Waals surface area (Å²) in [7, 11) is 0. The summed E-state index contributed by atoms with van der Waals surface area (Å²) in [6.45, 7) is 0. The maximum absolute atomic E-state index is 4.28. The Bertz CT molecular complexity index is 240. The first-order chi connectivity index (χ1) is 5.83. The topological polar surface area (TPSA) is 12.9 Å². The molecule has 0 aromatic carbocycles. The van der Waals surface area contributed by atoms with Crippen LogP contribution in [0.15, 0.2) is 12.3 Å². The van der Waals surface area contributed by atoms with Crippen LogP contribution >= 0.6 is 47.8 Å². The summed E-state index contributed by atoms with van der Waals surface area (Å²) in [5, 5.41) is 2.56. The lowest BCUT2D eigenvalue weighted by Gasteiger charge is -2.07. The number of aromatic nitrogens is 1. The highest BCUT2D eigenvalue weighted by Crippen LogP contribution is 2.20. The van der Waals surface area contributed by atoms with Crippen LogP contribution in [0.25, 0.3) is 0 Å². The van der Waals surface area contributed by atoms with Crippen molar-refractivity contribution in [3.8, 4) is 0 Å². The summed E-state index contributed by atoms with van der Waals surface area (Å²) < 4.78 is 0. The molecule has 0 aliphatic heterocycles. The van der Waals surface area contributed by atoms with Crippen LogP contribution in [-0.4, -0.2) is 4.98 Å². The third-order valence-corrected chi connectivity index (χ3v) is 3.34. The zero-order valence-corrected chi connectivity index (χ0v) is 11.1. The maximum atomic E-state index is 4.28. The van der Waals surface area contributed by atoms with E-state index in [-0.39, 0.29) is 0 Å². The van der Waals surface area contributed by atoms with Crippen molar-refractivity contribution in [1.29, 1.82) is 0 Å². The Kier molecular flexibility index (Phi) is 4.75. The second kappa shape index (κ2) is 5.35. The normalized spacial score (nSPS) is 10.2. The number of hydrogen-bond acceptors (Lipinski definition) is 1. The van der Waals surface area contributed by atoms with Crippen LogP contribution in [0.1, 0.15) is 16.8 Å². The summed E-state index contributed by atoms with van der Waals surface area (Å²) >= 11 is 10.3. The fourth-order valence-corrected chi connectivity index (χ4v) is 2.68. The molecule has 0 amide bonds. The second-order valence-corrected chi connectivity index (χ2v) is 3.98. The maximum Gasteiger partial charge on any atom is 0.0552 e. The van der Waals surface area contributed by atoms with Crippen molar-refractivity contribution in [3.63, 3.8) is 0 Å². The molecule has 1 aromatic heterocycles. The van der Waals surface area contributed by atoms with Crippen molar-refractivity contribution in [1.82, 2.24) is 4.98 Å². The number of hydrogen-bond donors (Lipinski definition) is 0. The van der Waals surface area contributed by atoms with E-state index in [1.807, 2.05) is 12.3 Å². The highest BCUT2D eigenvalue weighted by Gasteiger charge is 2.05. The monoisotopic (exact) mass is 355 g/mol. The fraction of sp³-hybridized carbons (Fsp3) is 0.375. The Morgan fingerprint density at radius 1 is 1.08 bits per heavy atom. The van der Waals surface area contributed by atoms with E-state index in [0.717, 1.165) is 21.7 Å². The third kappa shape index (κ3) is 2.30. The van der Waals surface area contributed by atoms with Gasteiger partial charge < -0.3 is 0 Å². The van der Waals surface area contributed by atoms with Crippen molar-refractivity contribution in [2.45, 2.75) is 16.0 Å². The van der Waals surface area contributed by atoms with Gasteiger partial charge in [-0.3, -0.25) is 4.98 Å². The zero-order valence-electron chi connectivity index (χ0n) is 6.36. The van der Waals surface area contributed by atoms with Gasteiger partial charge in [-0.15, -0.1) is 0 Å². The van der Waals surface area contributed by atoms with E-state index in [2.05, 4.69) is 52.8 Å². The van der Waals surface area contributed by atoms with Gasteiger partial charge in [0.25, 0.3) is 0 Å². The molecule has 4 heteroatoms. The summed E-state index contributed by atoms with van der Waals surface area (Å²) in [5.41, 5.74) is 3.70. The van der Waals surface area contributed by atoms with E-state index < -0.39 is 0 Å². The van der Waals surface area contributed by atoms with Gasteiger partial charge in [-0.05, 0) is 17.2 Å². The Morgan fingerprint density at radius 2 is 1.83 bits per heavy atom. The van der Waals surface area contributed by atoms with Crippen LogP contribution in [0.2, 0.25) is 0 Å². The molecule has 1 aromatic rings. The Morgan fingerprint density at radius 3 is 2.33 bits per heavy atom. The molecule has 0 aliphatic rings. The average molecular weight is 358 g/mol. The largest absolute Gasteiger partial charge is 0.260 e. The van der Waals surface area contributed by atoms with Gasteiger partial charge in [-0.25, -0.2) is 0 Å². The van der Waals surface area contributed by atoms with E-state index in [1.165, 1.54) is 11.1 Å². The fourth-order valence-electron chi connectivity index (χ4n) is 0.984. The van der Waals surface area contributed by atoms with Gasteiger partial charge in [-0.1, -0.05) is 47.8 Å². The molecule has 0 atom stereocenters. The summed E-state index contributed by atoms with van der Waals surface area (Å²) in [6.07, 6.45) is 1.85. The summed E-state index contributed by atoms with van der Waals surface area (Å²) in [6, 6.07) is 2.04. The Balaban J connectivity index is 3.13. The number of alkyl halides is 3. The van der Waals surface area contributed by atoms with Crippen molar-refractivity contribution < 1.29 is 0 Å². The molecule has 0 spiro atoms. The van der Waals surface area contributed by atoms with Gasteiger partial charge in [0.15, 0.2) is 0 Å². The van der Waals surface area contributed by atoms with Crippen LogP contribution < -0.4 is 0 Å². The molecule has 0 fully saturated rings. The minimum atomic E-state index is 0.814. The molecule has 0 saturated carbocycles. The smallest absolute Gasteiger partial charge is 0.0552 e. The van der Waals surface area contributed by atoms with Crippen LogP contribution in [0.3, 0.4) is 0 Å². The van der Waals surface area contributed by atoms with Gasteiger partial charge in [0.2, 0.25) is 0 Å². The van der Waals surface area contributed by atoms with Crippen LogP contribution in [0.4, 0.5) is 0 Å². The predicted molar refractivity (Wildman–Crippen MR) is 62.1 cm³/mol. The minimum absolute atomic E-state index is 0.814. The SMILES string of the molecule is BrCc1ccnc(CBr)c1CBr. The highest BCUT2D eigenvalue weighted by molar-refractivity contribution is 9.09. The predicted octanol–water partition coefficient (Wildman–Crippen LogP) is 3.77. The highest BCUT2D eigenvalue weighted by atomic mass is 79.9. The van der Waals surface area contributed by atoms with Crippen molar-refractivity contribution in [2.75, 3.05) is 0 Å². The molecular formula is C8H8Br3N. The lowest BCUT2D eigenvalue weighted by atomic mass is 10.1. The van der Waals surface area contributed by atoms with Gasteiger partial charge in [0.1, 0.15) is 0 Å². The van der Waals surface area contributed by atoms with Crippen molar-refractivity contribution >= 4 is 47.8 Å². The zero-order chi connectivity index (χ0) is 8.97. The first-order valence-electron chi connectivity index (χ1n) is 3.47. The Labute approximate surface area is 97.3 Å². The van der Waals surface area contributed by atoms with Gasteiger partial charge >= 0.3 is 0 Å². The molecule has 1 nitrogen and oxygen atoms in total. The first kappa shape index (κ1) is 10.7. The van der Waals surface area contributed by atoms with Gasteiger partial charge in [0.05, 0.1) is 5.69 Å². The molecule has 1 rings (SSSR count). The first-order valence-corrected chi connectivity index (χ1v) is 6.83. The molecule has 0 aliphatic carbocycles. The summed E-state index contributed by atoms with van der Waals surface area (Å²) in [5.74, 6) is 0. The molecule has 0 saturated heterocycles. The molecular weight excluding hydrogens is 350 g/mol. The minimum Gasteiger partial charge on any atom is -0.260 e. The Hall–Kier alpha value is 0.590. The third-order valence-electron chi connectivity index (χ3n) is 1.65. The average Bonchev–Trinajstić information content (AvgIpc) is 2.16. The molecule has 0 radical (unpaired) electrons. The number of halogens is 3. The lowest BCUT2D eigenvalue weighted by molar-refractivity contribution is 1.10. The van der Waals surface area contributed by atoms with Gasteiger partial charge in [0, 0.05) is 22.2 Å². The van der Waals surface area contributed by atoms with Crippen LogP contribution in [0.5, 0.6) is 0 Å². The van der Waals surface area contributed by atoms with E-state index in [1.54, 1.807) is 0 Å². The van der Waals surface area contributed by atoms with Crippen molar-refractivity contribution in [3.05, 3.63) is 29.1 Å². The van der Waals surface area contributed by atoms with E-state index >= 15 is 0 Å². The molecule has 0 unspecified atom stereocenters. The number of rotatable bonds is 3. The van der Waals surface area contributed by atoms with Crippen LogP contribution in [0, 0.1) is 0 Å². The molecule has 0 N–H and O–H groups in total. The number of pyridine rings is 1.